The molecule has 0 unspecified atom stereocenters. The lowest BCUT2D eigenvalue weighted by molar-refractivity contribution is -0.385. The van der Waals surface area contributed by atoms with Crippen molar-refractivity contribution in [3.8, 4) is 0 Å². The molecule has 0 fully saturated rings. The SMILES string of the molecule is Cn1nccc1CCNc1ccc([N+](=O)[O-])c(C(=O)O)c1. The number of nitro groups is 1. The van der Waals surface area contributed by atoms with Crippen molar-refractivity contribution in [2.45, 2.75) is 6.42 Å². The highest BCUT2D eigenvalue weighted by Gasteiger charge is 2.19. The summed E-state index contributed by atoms with van der Waals surface area (Å²) in [6.45, 7) is 0.566. The number of aryl methyl sites for hydroxylation is 1. The lowest BCUT2D eigenvalue weighted by atomic mass is 10.1. The Morgan fingerprint density at radius 2 is 2.24 bits per heavy atom. The van der Waals surface area contributed by atoms with E-state index in [-0.39, 0.29) is 5.56 Å². The smallest absolute Gasteiger partial charge is 0.342 e. The molecule has 0 amide bonds. The first-order chi connectivity index (χ1) is 9.99. The van der Waals surface area contributed by atoms with Gasteiger partial charge in [-0.2, -0.15) is 5.10 Å². The quantitative estimate of drug-likeness (QED) is 0.618. The molecule has 21 heavy (non-hydrogen) atoms. The van der Waals surface area contributed by atoms with Gasteiger partial charge < -0.3 is 10.4 Å². The Kier molecular flexibility index (Phi) is 4.17. The molecule has 1 heterocycles. The third-order valence-corrected chi connectivity index (χ3v) is 3.06. The Morgan fingerprint density at radius 1 is 1.48 bits per heavy atom. The zero-order valence-corrected chi connectivity index (χ0v) is 11.3. The van der Waals surface area contributed by atoms with Gasteiger partial charge in [-0.05, 0) is 18.2 Å². The number of carboxylic acid groups (broad SMARTS) is 1. The molecule has 0 bridgehead atoms. The molecule has 0 radical (unpaired) electrons. The van der Waals surface area contributed by atoms with Gasteiger partial charge in [0.1, 0.15) is 5.56 Å². The molecule has 0 saturated heterocycles. The number of benzene rings is 1. The number of nitrogens with zero attached hydrogens (tertiary/aromatic N) is 3. The van der Waals surface area contributed by atoms with E-state index in [1.165, 1.54) is 18.2 Å². The van der Waals surface area contributed by atoms with Crippen molar-refractivity contribution in [3.05, 3.63) is 51.8 Å². The largest absolute Gasteiger partial charge is 0.477 e. The number of nitrogens with one attached hydrogen (secondary N) is 1. The Hall–Kier alpha value is -2.90. The van der Waals surface area contributed by atoms with E-state index in [1.807, 2.05) is 13.1 Å². The summed E-state index contributed by atoms with van der Waals surface area (Å²) in [6, 6.07) is 5.84. The zero-order chi connectivity index (χ0) is 15.4. The van der Waals surface area contributed by atoms with Gasteiger partial charge >= 0.3 is 5.97 Å². The van der Waals surface area contributed by atoms with E-state index in [0.29, 0.717) is 18.7 Å². The maximum atomic E-state index is 11.0. The standard InChI is InChI=1S/C13H14N4O4/c1-16-10(5-7-15-16)4-6-14-9-2-3-12(17(20)21)11(8-9)13(18)19/h2-3,5,7-8,14H,4,6H2,1H3,(H,18,19). The third-order valence-electron chi connectivity index (χ3n) is 3.06. The Bertz CT molecular complexity index is 681. The van der Waals surface area contributed by atoms with Gasteiger partial charge in [-0.25, -0.2) is 4.79 Å². The summed E-state index contributed by atoms with van der Waals surface area (Å²) < 4.78 is 1.75. The maximum Gasteiger partial charge on any atom is 0.342 e. The van der Waals surface area contributed by atoms with Crippen LogP contribution in [-0.2, 0) is 13.5 Å². The Labute approximate surface area is 120 Å². The van der Waals surface area contributed by atoms with E-state index in [1.54, 1.807) is 10.9 Å². The predicted octanol–water partition coefficient (Wildman–Crippen LogP) is 1.68. The van der Waals surface area contributed by atoms with E-state index in [0.717, 1.165) is 5.69 Å². The first-order valence-electron chi connectivity index (χ1n) is 6.21. The topological polar surface area (TPSA) is 110 Å². The number of carboxylic acids is 1. The van der Waals surface area contributed by atoms with Gasteiger partial charge in [0.15, 0.2) is 0 Å². The van der Waals surface area contributed by atoms with Crippen LogP contribution in [0.1, 0.15) is 16.1 Å². The van der Waals surface area contributed by atoms with Crippen LogP contribution in [0.5, 0.6) is 0 Å². The van der Waals surface area contributed by atoms with Crippen molar-refractivity contribution in [1.29, 1.82) is 0 Å². The van der Waals surface area contributed by atoms with Gasteiger partial charge in [-0.3, -0.25) is 14.8 Å². The van der Waals surface area contributed by atoms with Gasteiger partial charge in [0, 0.05) is 43.7 Å². The fraction of sp³-hybridized carbons (Fsp3) is 0.231. The summed E-state index contributed by atoms with van der Waals surface area (Å²) in [5.41, 5.74) is 0.813. The molecule has 2 aromatic rings. The second-order valence-electron chi connectivity index (χ2n) is 4.42. The highest BCUT2D eigenvalue weighted by Crippen LogP contribution is 2.22. The van der Waals surface area contributed by atoms with Crippen molar-refractivity contribution in [2.75, 3.05) is 11.9 Å². The van der Waals surface area contributed by atoms with Gasteiger partial charge in [0.2, 0.25) is 0 Å². The molecular formula is C13H14N4O4. The molecule has 0 atom stereocenters. The molecule has 0 spiro atoms. The van der Waals surface area contributed by atoms with E-state index in [4.69, 9.17) is 5.11 Å². The molecule has 110 valence electrons. The molecule has 0 saturated carbocycles. The highest BCUT2D eigenvalue weighted by atomic mass is 16.6. The van der Waals surface area contributed by atoms with Crippen molar-refractivity contribution in [1.82, 2.24) is 9.78 Å². The van der Waals surface area contributed by atoms with E-state index in [9.17, 15) is 14.9 Å². The van der Waals surface area contributed by atoms with Gasteiger partial charge in [-0.15, -0.1) is 0 Å². The highest BCUT2D eigenvalue weighted by molar-refractivity contribution is 5.93. The molecule has 0 aliphatic rings. The number of anilines is 1. The minimum absolute atomic E-state index is 0.328. The van der Waals surface area contributed by atoms with Gasteiger partial charge in [-0.1, -0.05) is 0 Å². The third kappa shape index (κ3) is 3.35. The van der Waals surface area contributed by atoms with E-state index < -0.39 is 16.6 Å². The second-order valence-corrected chi connectivity index (χ2v) is 4.42. The van der Waals surface area contributed by atoms with Crippen LogP contribution in [0.15, 0.2) is 30.5 Å². The molecule has 8 heteroatoms. The number of aromatic carboxylic acids is 1. The van der Waals surface area contributed by atoms with E-state index in [2.05, 4.69) is 10.4 Å². The van der Waals surface area contributed by atoms with Crippen molar-refractivity contribution >= 4 is 17.3 Å². The van der Waals surface area contributed by atoms with Crippen LogP contribution in [-0.4, -0.2) is 32.3 Å². The molecule has 2 N–H and O–H groups in total. The normalized spacial score (nSPS) is 10.3. The van der Waals surface area contributed by atoms with Gasteiger partial charge in [0.25, 0.3) is 5.69 Å². The van der Waals surface area contributed by atoms with E-state index >= 15 is 0 Å². The van der Waals surface area contributed by atoms with Crippen LogP contribution < -0.4 is 5.32 Å². The van der Waals surface area contributed by atoms with Crippen LogP contribution in [0.4, 0.5) is 11.4 Å². The summed E-state index contributed by atoms with van der Waals surface area (Å²) in [6.07, 6.45) is 2.40. The minimum Gasteiger partial charge on any atom is -0.477 e. The van der Waals surface area contributed by atoms with Gasteiger partial charge in [0.05, 0.1) is 4.92 Å². The monoisotopic (exact) mass is 290 g/mol. The average molecular weight is 290 g/mol. The lowest BCUT2D eigenvalue weighted by Gasteiger charge is -2.08. The van der Waals surface area contributed by atoms with Crippen molar-refractivity contribution < 1.29 is 14.8 Å². The van der Waals surface area contributed by atoms with Crippen LogP contribution in [0, 0.1) is 10.1 Å². The zero-order valence-electron chi connectivity index (χ0n) is 11.3. The molecular weight excluding hydrogens is 276 g/mol. The first-order valence-corrected chi connectivity index (χ1v) is 6.21. The number of hydrogen-bond donors (Lipinski definition) is 2. The van der Waals surface area contributed by atoms with Crippen LogP contribution >= 0.6 is 0 Å². The van der Waals surface area contributed by atoms with Crippen LogP contribution in [0.25, 0.3) is 0 Å². The van der Waals surface area contributed by atoms with Crippen molar-refractivity contribution in [3.63, 3.8) is 0 Å². The maximum absolute atomic E-state index is 11.0. The molecule has 0 aliphatic heterocycles. The molecule has 1 aromatic heterocycles. The summed E-state index contributed by atoms with van der Waals surface area (Å²) >= 11 is 0. The van der Waals surface area contributed by atoms with Crippen molar-refractivity contribution in [2.24, 2.45) is 7.05 Å². The first kappa shape index (κ1) is 14.5. The molecule has 0 aliphatic carbocycles. The number of hydrogen-bond acceptors (Lipinski definition) is 5. The predicted molar refractivity (Wildman–Crippen MR) is 75.5 cm³/mol. The summed E-state index contributed by atoms with van der Waals surface area (Å²) in [7, 11) is 1.84. The Balaban J connectivity index is 2.07. The number of aromatic nitrogens is 2. The second kappa shape index (κ2) is 6.04. The Morgan fingerprint density at radius 3 is 2.81 bits per heavy atom. The fourth-order valence-corrected chi connectivity index (χ4v) is 1.96. The summed E-state index contributed by atoms with van der Waals surface area (Å²) in [5, 5.41) is 26.9. The summed E-state index contributed by atoms with van der Waals surface area (Å²) in [5.74, 6) is -1.32. The number of carbonyl (C=O) groups is 1. The fourth-order valence-electron chi connectivity index (χ4n) is 1.96. The summed E-state index contributed by atoms with van der Waals surface area (Å²) in [4.78, 5) is 21.1. The number of nitro benzene ring substituents is 1. The minimum atomic E-state index is -1.32. The van der Waals surface area contributed by atoms with Crippen LogP contribution in [0.3, 0.4) is 0 Å². The van der Waals surface area contributed by atoms with Crippen LogP contribution in [0.2, 0.25) is 0 Å². The molecule has 8 nitrogen and oxygen atoms in total. The lowest BCUT2D eigenvalue weighted by Crippen LogP contribution is -2.09. The number of rotatable bonds is 6. The molecule has 2 rings (SSSR count). The molecule has 1 aromatic carbocycles. The average Bonchev–Trinajstić information content (AvgIpc) is 2.84.